The van der Waals surface area contributed by atoms with Crippen LogP contribution < -0.4 is 5.32 Å². The van der Waals surface area contributed by atoms with Crippen molar-refractivity contribution in [2.45, 2.75) is 31.3 Å². The largest absolute Gasteiger partial charge is 0.444 e. The number of rotatable bonds is 3. The first-order valence-electron chi connectivity index (χ1n) is 7.46. The zero-order valence-electron chi connectivity index (χ0n) is 14.5. The van der Waals surface area contributed by atoms with Crippen molar-refractivity contribution in [2.24, 2.45) is 0 Å². The Hall–Kier alpha value is -2.12. The topological polar surface area (TPSA) is 75.7 Å². The molecule has 2 aromatic rings. The molecule has 0 spiro atoms. The summed E-state index contributed by atoms with van der Waals surface area (Å²) in [5.41, 5.74) is -0.0513. The molecule has 0 aliphatic heterocycles. The number of ether oxygens (including phenoxy) is 1. The van der Waals surface area contributed by atoms with Crippen molar-refractivity contribution in [2.75, 3.05) is 19.4 Å². The molecule has 0 aliphatic carbocycles. The van der Waals surface area contributed by atoms with Crippen LogP contribution in [0.4, 0.5) is 10.5 Å². The van der Waals surface area contributed by atoms with Crippen LogP contribution in [0.1, 0.15) is 20.8 Å². The summed E-state index contributed by atoms with van der Waals surface area (Å²) >= 11 is 0. The van der Waals surface area contributed by atoms with Gasteiger partial charge in [0.1, 0.15) is 5.60 Å². The molecule has 0 bridgehead atoms. The van der Waals surface area contributed by atoms with Gasteiger partial charge in [0.25, 0.3) is 0 Å². The van der Waals surface area contributed by atoms with Crippen molar-refractivity contribution in [1.29, 1.82) is 0 Å². The molecule has 0 atom stereocenters. The van der Waals surface area contributed by atoms with E-state index in [1.54, 1.807) is 57.2 Å². The van der Waals surface area contributed by atoms with Crippen LogP contribution >= 0.6 is 0 Å². The number of hydrogen-bond donors (Lipinski definition) is 1. The minimum absolute atomic E-state index is 0.230. The Morgan fingerprint density at radius 1 is 1.12 bits per heavy atom. The van der Waals surface area contributed by atoms with Crippen LogP contribution in [0.2, 0.25) is 0 Å². The maximum atomic E-state index is 12.4. The molecule has 2 rings (SSSR count). The first kappa shape index (κ1) is 18.2. The lowest BCUT2D eigenvalue weighted by molar-refractivity contribution is 0.0636. The van der Waals surface area contributed by atoms with E-state index in [0.717, 1.165) is 0 Å². The third-order valence-corrected chi connectivity index (χ3v) is 5.12. The minimum Gasteiger partial charge on any atom is -0.444 e. The van der Waals surface area contributed by atoms with Crippen molar-refractivity contribution in [1.82, 2.24) is 4.31 Å². The molecule has 2 aromatic carbocycles. The number of nitrogens with one attached hydrogen (secondary N) is 1. The molecular weight excluding hydrogens is 328 g/mol. The molecule has 0 fully saturated rings. The minimum atomic E-state index is -3.54. The molecule has 130 valence electrons. The number of sulfonamides is 1. The van der Waals surface area contributed by atoms with E-state index in [2.05, 4.69) is 5.32 Å². The fourth-order valence-corrected chi connectivity index (χ4v) is 3.28. The van der Waals surface area contributed by atoms with E-state index in [1.807, 2.05) is 0 Å². The molecule has 0 aromatic heterocycles. The van der Waals surface area contributed by atoms with E-state index in [-0.39, 0.29) is 4.90 Å². The average molecular weight is 350 g/mol. The maximum absolute atomic E-state index is 12.4. The fraction of sp³-hybridized carbons (Fsp3) is 0.353. The summed E-state index contributed by atoms with van der Waals surface area (Å²) in [6, 6.07) is 10.1. The zero-order chi connectivity index (χ0) is 18.1. The van der Waals surface area contributed by atoms with Gasteiger partial charge in [0.05, 0.1) is 4.90 Å². The smallest absolute Gasteiger partial charge is 0.412 e. The molecule has 6 nitrogen and oxygen atoms in total. The van der Waals surface area contributed by atoms with Crippen molar-refractivity contribution >= 4 is 32.6 Å². The van der Waals surface area contributed by atoms with Crippen molar-refractivity contribution in [3.63, 3.8) is 0 Å². The second-order valence-corrected chi connectivity index (χ2v) is 8.73. The first-order chi connectivity index (χ1) is 11.0. The summed E-state index contributed by atoms with van der Waals surface area (Å²) in [5.74, 6) is 0. The van der Waals surface area contributed by atoms with Gasteiger partial charge in [-0.1, -0.05) is 18.2 Å². The molecule has 0 radical (unpaired) electrons. The Labute approximate surface area is 142 Å². The van der Waals surface area contributed by atoms with Gasteiger partial charge in [0, 0.05) is 25.2 Å². The summed E-state index contributed by atoms with van der Waals surface area (Å²) in [6.45, 7) is 5.35. The lowest BCUT2D eigenvalue weighted by Crippen LogP contribution is -2.27. The Balaban J connectivity index is 2.39. The van der Waals surface area contributed by atoms with Gasteiger partial charge < -0.3 is 4.74 Å². The highest BCUT2D eigenvalue weighted by molar-refractivity contribution is 7.89. The molecule has 24 heavy (non-hydrogen) atoms. The molecule has 0 heterocycles. The number of carbonyl (C=O) groups is 1. The molecule has 0 saturated heterocycles. The summed E-state index contributed by atoms with van der Waals surface area (Å²) in [7, 11) is -0.557. The second kappa shape index (κ2) is 6.41. The van der Waals surface area contributed by atoms with Gasteiger partial charge >= 0.3 is 6.09 Å². The van der Waals surface area contributed by atoms with Gasteiger partial charge in [-0.15, -0.1) is 0 Å². The summed E-state index contributed by atoms with van der Waals surface area (Å²) in [6.07, 6.45) is -0.557. The summed E-state index contributed by atoms with van der Waals surface area (Å²) in [5, 5.41) is 3.96. The highest BCUT2D eigenvalue weighted by Gasteiger charge is 2.20. The predicted octanol–water partition coefficient (Wildman–Crippen LogP) is 3.44. The van der Waals surface area contributed by atoms with E-state index in [0.29, 0.717) is 16.5 Å². The van der Waals surface area contributed by atoms with E-state index < -0.39 is 21.7 Å². The lowest BCUT2D eigenvalue weighted by atomic mass is 10.1. The molecule has 0 aliphatic rings. The van der Waals surface area contributed by atoms with Gasteiger partial charge in [0.2, 0.25) is 10.0 Å². The standard InChI is InChI=1S/C17H22N2O4S/c1-17(2,3)23-16(20)18-13-9-10-14-12(11-13)7-6-8-15(14)24(21,22)19(4)5/h6-11H,1-5H3,(H,18,20). The average Bonchev–Trinajstić information content (AvgIpc) is 2.44. The van der Waals surface area contributed by atoms with E-state index in [9.17, 15) is 13.2 Å². The van der Waals surface area contributed by atoms with Crippen LogP contribution in [-0.4, -0.2) is 38.5 Å². The number of hydrogen-bond acceptors (Lipinski definition) is 4. The first-order valence-corrected chi connectivity index (χ1v) is 8.90. The van der Waals surface area contributed by atoms with Crippen LogP contribution in [0.5, 0.6) is 0 Å². The predicted molar refractivity (Wildman–Crippen MR) is 94.7 cm³/mol. The Morgan fingerprint density at radius 3 is 2.38 bits per heavy atom. The number of nitrogens with zero attached hydrogens (tertiary/aromatic N) is 1. The van der Waals surface area contributed by atoms with E-state index >= 15 is 0 Å². The van der Waals surface area contributed by atoms with Crippen molar-refractivity contribution in [3.05, 3.63) is 36.4 Å². The Bertz CT molecular complexity index is 868. The number of carbonyl (C=O) groups excluding carboxylic acids is 1. The van der Waals surface area contributed by atoms with Crippen LogP contribution in [0.15, 0.2) is 41.3 Å². The Morgan fingerprint density at radius 2 is 1.79 bits per heavy atom. The third-order valence-electron chi connectivity index (χ3n) is 3.24. The number of benzene rings is 2. The van der Waals surface area contributed by atoms with E-state index in [1.165, 1.54) is 18.4 Å². The molecular formula is C17H22N2O4S. The van der Waals surface area contributed by atoms with Gasteiger partial charge in [-0.3, -0.25) is 5.32 Å². The van der Waals surface area contributed by atoms with Crippen LogP contribution in [0, 0.1) is 0 Å². The van der Waals surface area contributed by atoms with Gasteiger partial charge in [-0.2, -0.15) is 0 Å². The zero-order valence-corrected chi connectivity index (χ0v) is 15.3. The summed E-state index contributed by atoms with van der Waals surface area (Å²) in [4.78, 5) is 12.1. The highest BCUT2D eigenvalue weighted by Crippen LogP contribution is 2.27. The normalized spacial score (nSPS) is 12.4. The molecule has 1 amide bonds. The summed E-state index contributed by atoms with van der Waals surface area (Å²) < 4.78 is 31.2. The van der Waals surface area contributed by atoms with Crippen LogP contribution in [-0.2, 0) is 14.8 Å². The van der Waals surface area contributed by atoms with Gasteiger partial charge in [-0.25, -0.2) is 17.5 Å². The fourth-order valence-electron chi connectivity index (χ4n) is 2.17. The van der Waals surface area contributed by atoms with Crippen LogP contribution in [0.25, 0.3) is 10.8 Å². The molecule has 7 heteroatoms. The van der Waals surface area contributed by atoms with Crippen LogP contribution in [0.3, 0.4) is 0 Å². The van der Waals surface area contributed by atoms with Crippen molar-refractivity contribution < 1.29 is 17.9 Å². The van der Waals surface area contributed by atoms with Crippen molar-refractivity contribution in [3.8, 4) is 0 Å². The number of anilines is 1. The maximum Gasteiger partial charge on any atom is 0.412 e. The van der Waals surface area contributed by atoms with Gasteiger partial charge in [0.15, 0.2) is 0 Å². The second-order valence-electron chi connectivity index (χ2n) is 6.61. The quantitative estimate of drug-likeness (QED) is 0.920. The lowest BCUT2D eigenvalue weighted by Gasteiger charge is -2.20. The monoisotopic (exact) mass is 350 g/mol. The molecule has 0 saturated carbocycles. The highest BCUT2D eigenvalue weighted by atomic mass is 32.2. The van der Waals surface area contributed by atoms with Gasteiger partial charge in [-0.05, 0) is 44.4 Å². The third kappa shape index (κ3) is 4.04. The SMILES string of the molecule is CN(C)S(=O)(=O)c1cccc2cc(NC(=O)OC(C)(C)C)ccc12. The number of fused-ring (bicyclic) bond motifs is 1. The Kier molecular flexibility index (Phi) is 4.87. The molecule has 1 N–H and O–H groups in total. The number of amides is 1. The molecule has 0 unspecified atom stereocenters. The van der Waals surface area contributed by atoms with E-state index in [4.69, 9.17) is 4.74 Å².